The molecule has 0 radical (unpaired) electrons. The molecule has 0 aromatic heterocycles. The summed E-state index contributed by atoms with van der Waals surface area (Å²) in [4.78, 5) is 12.0. The number of hydrogen-bond donors (Lipinski definition) is 1. The van der Waals surface area contributed by atoms with Gasteiger partial charge in [-0.1, -0.05) is 48.0 Å². The van der Waals surface area contributed by atoms with Crippen molar-refractivity contribution in [1.29, 1.82) is 0 Å². The molecule has 1 amide bonds. The molecular formula is C19H19NO2. The summed E-state index contributed by atoms with van der Waals surface area (Å²) in [5.41, 5.74) is 3.37. The highest BCUT2D eigenvalue weighted by molar-refractivity contribution is 5.91. The van der Waals surface area contributed by atoms with Crippen LogP contribution in [0.2, 0.25) is 0 Å². The van der Waals surface area contributed by atoms with E-state index in [-0.39, 0.29) is 11.9 Å². The van der Waals surface area contributed by atoms with Gasteiger partial charge in [0.25, 0.3) is 0 Å². The highest BCUT2D eigenvalue weighted by atomic mass is 16.5. The van der Waals surface area contributed by atoms with Crippen molar-refractivity contribution in [2.75, 3.05) is 6.61 Å². The molecule has 22 heavy (non-hydrogen) atoms. The molecule has 2 aromatic carbocycles. The zero-order valence-corrected chi connectivity index (χ0v) is 12.6. The van der Waals surface area contributed by atoms with E-state index in [1.807, 2.05) is 61.5 Å². The molecule has 1 unspecified atom stereocenters. The summed E-state index contributed by atoms with van der Waals surface area (Å²) >= 11 is 0. The van der Waals surface area contributed by atoms with Crippen LogP contribution in [0.15, 0.2) is 54.6 Å². The summed E-state index contributed by atoms with van der Waals surface area (Å²) < 4.78 is 5.67. The summed E-state index contributed by atoms with van der Waals surface area (Å²) in [6.45, 7) is 2.56. The van der Waals surface area contributed by atoms with Crippen LogP contribution in [0.1, 0.15) is 16.7 Å². The molecule has 0 saturated heterocycles. The lowest BCUT2D eigenvalue weighted by Gasteiger charge is -2.25. The van der Waals surface area contributed by atoms with Crippen LogP contribution in [-0.2, 0) is 11.2 Å². The highest BCUT2D eigenvalue weighted by Crippen LogP contribution is 2.23. The number of benzene rings is 2. The number of carbonyl (C=O) groups is 1. The molecule has 3 nitrogen and oxygen atoms in total. The van der Waals surface area contributed by atoms with Gasteiger partial charge in [0.1, 0.15) is 12.4 Å². The molecule has 3 heteroatoms. The van der Waals surface area contributed by atoms with Gasteiger partial charge in [0, 0.05) is 6.08 Å². The van der Waals surface area contributed by atoms with E-state index in [0.29, 0.717) is 6.61 Å². The molecule has 3 rings (SSSR count). The molecule has 0 fully saturated rings. The third-order valence-electron chi connectivity index (χ3n) is 3.73. The molecule has 1 aliphatic rings. The average Bonchev–Trinajstić information content (AvgIpc) is 2.54. The Balaban J connectivity index is 1.57. The first-order chi connectivity index (χ1) is 10.7. The van der Waals surface area contributed by atoms with Gasteiger partial charge in [-0.25, -0.2) is 0 Å². The molecule has 0 saturated carbocycles. The number of fused-ring (bicyclic) bond motifs is 1. The van der Waals surface area contributed by atoms with E-state index in [2.05, 4.69) is 5.32 Å². The van der Waals surface area contributed by atoms with Crippen LogP contribution in [0, 0.1) is 6.92 Å². The van der Waals surface area contributed by atoms with Crippen LogP contribution in [0.4, 0.5) is 0 Å². The van der Waals surface area contributed by atoms with E-state index in [1.165, 1.54) is 5.56 Å². The standard InChI is InChI=1S/C19H19NO2/c1-14-6-8-15(9-7-14)10-11-19(21)20-17-12-16-4-2-3-5-18(16)22-13-17/h2-11,17H,12-13H2,1H3,(H,20,21). The second-order valence-corrected chi connectivity index (χ2v) is 5.57. The third-order valence-corrected chi connectivity index (χ3v) is 3.73. The first-order valence-corrected chi connectivity index (χ1v) is 7.47. The Bertz CT molecular complexity index is 689. The normalized spacial score (nSPS) is 16.9. The maximum Gasteiger partial charge on any atom is 0.244 e. The summed E-state index contributed by atoms with van der Waals surface area (Å²) in [6.07, 6.45) is 4.21. The van der Waals surface area contributed by atoms with Gasteiger partial charge in [-0.05, 0) is 36.6 Å². The lowest BCUT2D eigenvalue weighted by atomic mass is 10.0. The number of para-hydroxylation sites is 1. The molecule has 112 valence electrons. The molecule has 0 spiro atoms. The zero-order valence-electron chi connectivity index (χ0n) is 12.6. The molecule has 1 heterocycles. The summed E-state index contributed by atoms with van der Waals surface area (Å²) in [6, 6.07) is 16.0. The number of rotatable bonds is 3. The van der Waals surface area contributed by atoms with Crippen molar-refractivity contribution in [2.45, 2.75) is 19.4 Å². The van der Waals surface area contributed by atoms with Gasteiger partial charge in [-0.15, -0.1) is 0 Å². The maximum absolute atomic E-state index is 12.0. The lowest BCUT2D eigenvalue weighted by molar-refractivity contribution is -0.117. The number of amides is 1. The van der Waals surface area contributed by atoms with Crippen molar-refractivity contribution in [1.82, 2.24) is 5.32 Å². The fraction of sp³-hybridized carbons (Fsp3) is 0.211. The third kappa shape index (κ3) is 3.55. The van der Waals surface area contributed by atoms with Crippen LogP contribution < -0.4 is 10.1 Å². The molecule has 0 aliphatic carbocycles. The SMILES string of the molecule is Cc1ccc(C=CC(=O)NC2COc3ccccc3C2)cc1. The Labute approximate surface area is 130 Å². The van der Waals surface area contributed by atoms with Gasteiger partial charge in [-0.2, -0.15) is 0 Å². The average molecular weight is 293 g/mol. The van der Waals surface area contributed by atoms with Gasteiger partial charge in [0.05, 0.1) is 6.04 Å². The second kappa shape index (κ2) is 6.48. The van der Waals surface area contributed by atoms with E-state index in [1.54, 1.807) is 6.08 Å². The van der Waals surface area contributed by atoms with Gasteiger partial charge in [0.2, 0.25) is 5.91 Å². The molecule has 1 atom stereocenters. The van der Waals surface area contributed by atoms with Crippen molar-refractivity contribution in [3.05, 3.63) is 71.3 Å². The van der Waals surface area contributed by atoms with Crippen molar-refractivity contribution in [2.24, 2.45) is 0 Å². The van der Waals surface area contributed by atoms with Crippen molar-refractivity contribution in [3.8, 4) is 5.75 Å². The number of ether oxygens (including phenoxy) is 1. The van der Waals surface area contributed by atoms with Gasteiger partial charge in [0.15, 0.2) is 0 Å². The van der Waals surface area contributed by atoms with Crippen molar-refractivity contribution < 1.29 is 9.53 Å². The first-order valence-electron chi connectivity index (χ1n) is 7.47. The minimum atomic E-state index is -0.0893. The van der Waals surface area contributed by atoms with Crippen LogP contribution in [0.5, 0.6) is 5.75 Å². The fourth-order valence-corrected chi connectivity index (χ4v) is 2.52. The summed E-state index contributed by atoms with van der Waals surface area (Å²) in [5.74, 6) is 0.830. The predicted octanol–water partition coefficient (Wildman–Crippen LogP) is 3.13. The maximum atomic E-state index is 12.0. The second-order valence-electron chi connectivity index (χ2n) is 5.57. The Hall–Kier alpha value is -2.55. The highest BCUT2D eigenvalue weighted by Gasteiger charge is 2.20. The molecule has 0 bridgehead atoms. The molecular weight excluding hydrogens is 274 g/mol. The lowest BCUT2D eigenvalue weighted by Crippen LogP contribution is -2.42. The van der Waals surface area contributed by atoms with Crippen molar-refractivity contribution >= 4 is 12.0 Å². The minimum Gasteiger partial charge on any atom is -0.491 e. The Kier molecular flexibility index (Phi) is 4.24. The van der Waals surface area contributed by atoms with E-state index in [9.17, 15) is 4.79 Å². The smallest absolute Gasteiger partial charge is 0.244 e. The summed E-state index contributed by atoms with van der Waals surface area (Å²) in [7, 11) is 0. The van der Waals surface area contributed by atoms with Gasteiger partial charge in [-0.3, -0.25) is 4.79 Å². The molecule has 1 aliphatic heterocycles. The number of aryl methyl sites for hydroxylation is 1. The number of carbonyl (C=O) groups excluding carboxylic acids is 1. The number of nitrogens with one attached hydrogen (secondary N) is 1. The number of hydrogen-bond acceptors (Lipinski definition) is 2. The quantitative estimate of drug-likeness (QED) is 0.883. The van der Waals surface area contributed by atoms with E-state index in [4.69, 9.17) is 4.74 Å². The van der Waals surface area contributed by atoms with E-state index in [0.717, 1.165) is 23.3 Å². The van der Waals surface area contributed by atoms with Crippen molar-refractivity contribution in [3.63, 3.8) is 0 Å². The monoisotopic (exact) mass is 293 g/mol. The van der Waals surface area contributed by atoms with E-state index < -0.39 is 0 Å². The van der Waals surface area contributed by atoms with Gasteiger partial charge >= 0.3 is 0 Å². The Morgan fingerprint density at radius 2 is 1.95 bits per heavy atom. The molecule has 2 aromatic rings. The van der Waals surface area contributed by atoms with E-state index >= 15 is 0 Å². The minimum absolute atomic E-state index is 0.0186. The van der Waals surface area contributed by atoms with Crippen LogP contribution in [-0.4, -0.2) is 18.6 Å². The predicted molar refractivity (Wildman–Crippen MR) is 87.8 cm³/mol. The van der Waals surface area contributed by atoms with Crippen LogP contribution in [0.25, 0.3) is 6.08 Å². The first kappa shape index (κ1) is 14.4. The zero-order chi connectivity index (χ0) is 15.4. The molecule has 1 N–H and O–H groups in total. The van der Waals surface area contributed by atoms with Gasteiger partial charge < -0.3 is 10.1 Å². The van der Waals surface area contributed by atoms with Crippen LogP contribution >= 0.6 is 0 Å². The largest absolute Gasteiger partial charge is 0.491 e. The summed E-state index contributed by atoms with van der Waals surface area (Å²) in [5, 5.41) is 2.99. The fourth-order valence-electron chi connectivity index (χ4n) is 2.52. The topological polar surface area (TPSA) is 38.3 Å². The Morgan fingerprint density at radius 3 is 2.77 bits per heavy atom. The Morgan fingerprint density at radius 1 is 1.18 bits per heavy atom. The van der Waals surface area contributed by atoms with Crippen LogP contribution in [0.3, 0.4) is 0 Å².